The summed E-state index contributed by atoms with van der Waals surface area (Å²) < 4.78 is 68.4. The monoisotopic (exact) mass is 997 g/mol. The second-order valence-corrected chi connectivity index (χ2v) is 20.3. The standard InChI is InChI=1S/C22H30N6O7S.C22H29N5O5S/c1-4-6-17(23)19-20(24-3)22(29)26-21(25-19)16-11-15(7-8-18(16)34-5-2)36(32,33)27-12-14(13-27)9-10-35-28(30)31;1-4-6-17-19-20(26(3)25-17)22(29)24-21(23-19)16-11-15(7-8-18(16)32-5-2)33(30,31)27-12-14(13-27)9-10-28/h7-8,11,14,23-24H,4-6,9-10,12-13H2,1-3H3,(H,25,26,29);7-8,11,14,28H,4-6,9-10,12-13H2,1-3H3,(H,23,24,29). The highest BCUT2D eigenvalue weighted by molar-refractivity contribution is 7.89. The van der Waals surface area contributed by atoms with Crippen LogP contribution in [0.1, 0.15) is 71.2 Å². The number of nitrogens with one attached hydrogen (secondary N) is 4. The van der Waals surface area contributed by atoms with Crippen molar-refractivity contribution in [3.63, 3.8) is 0 Å². The van der Waals surface area contributed by atoms with E-state index in [1.54, 1.807) is 27.1 Å². The maximum atomic E-state index is 13.2. The van der Waals surface area contributed by atoms with Crippen molar-refractivity contribution >= 4 is 42.5 Å². The van der Waals surface area contributed by atoms with Gasteiger partial charge in [-0.15, -0.1) is 10.1 Å². The fourth-order valence-electron chi connectivity index (χ4n) is 8.05. The summed E-state index contributed by atoms with van der Waals surface area (Å²) >= 11 is 0. The van der Waals surface area contributed by atoms with Crippen LogP contribution in [0.3, 0.4) is 0 Å². The van der Waals surface area contributed by atoms with Crippen LogP contribution >= 0.6 is 0 Å². The Hall–Kier alpha value is -6.28. The van der Waals surface area contributed by atoms with Crippen molar-refractivity contribution < 1.29 is 41.3 Å². The topological polar surface area (TPSA) is 311 Å². The number of H-pyrrole nitrogens is 2. The van der Waals surface area contributed by atoms with Crippen molar-refractivity contribution in [3.8, 4) is 34.3 Å². The molecule has 2 aliphatic heterocycles. The van der Waals surface area contributed by atoms with E-state index in [0.717, 1.165) is 12.1 Å². The SMILES string of the molecule is CCCC(=N)c1nc(-c2cc(S(=O)(=O)N3CC(CCO[N+](=O)[O-])C3)ccc2OCC)[nH]c(=O)c1NC.CCCc1nn(C)c2c(=O)[nH]c(-c3cc(S(=O)(=O)N4CC(CCO)C4)ccc3OCC)nc12. The Bertz CT molecular complexity index is 3020. The van der Waals surface area contributed by atoms with Crippen molar-refractivity contribution in [1.29, 1.82) is 5.41 Å². The minimum Gasteiger partial charge on any atom is -0.493 e. The first kappa shape index (κ1) is 52.1. The summed E-state index contributed by atoms with van der Waals surface area (Å²) in [6.45, 7) is 9.37. The Morgan fingerprint density at radius 2 is 1.39 bits per heavy atom. The third-order valence-electron chi connectivity index (χ3n) is 11.6. The first-order valence-corrected chi connectivity index (χ1v) is 25.6. The van der Waals surface area contributed by atoms with Gasteiger partial charge < -0.3 is 40.1 Å². The maximum absolute atomic E-state index is 13.2. The number of hydrogen-bond donors (Lipinski definition) is 5. The summed E-state index contributed by atoms with van der Waals surface area (Å²) in [6, 6.07) is 8.93. The Labute approximate surface area is 398 Å². The van der Waals surface area contributed by atoms with E-state index in [1.807, 2.05) is 20.8 Å². The predicted octanol–water partition coefficient (Wildman–Crippen LogP) is 3.94. The molecule has 0 spiro atoms. The average molecular weight is 998 g/mol. The molecule has 2 aromatic carbocycles. The Kier molecular flexibility index (Phi) is 16.9. The molecule has 0 radical (unpaired) electrons. The van der Waals surface area contributed by atoms with Crippen LogP contribution in [0.5, 0.6) is 11.5 Å². The zero-order valence-corrected chi connectivity index (χ0v) is 41.0. The highest BCUT2D eigenvalue weighted by atomic mass is 32.2. The van der Waals surface area contributed by atoms with Gasteiger partial charge in [0, 0.05) is 46.9 Å². The normalized spacial score (nSPS) is 14.7. The van der Waals surface area contributed by atoms with Gasteiger partial charge in [0.1, 0.15) is 40.0 Å². The van der Waals surface area contributed by atoms with Gasteiger partial charge in [0.2, 0.25) is 20.0 Å². The molecule has 69 heavy (non-hydrogen) atoms. The molecule has 5 aromatic rings. The van der Waals surface area contributed by atoms with Crippen LogP contribution < -0.4 is 25.9 Å². The molecule has 25 heteroatoms. The van der Waals surface area contributed by atoms with E-state index in [4.69, 9.17) is 20.0 Å². The molecule has 0 unspecified atom stereocenters. The molecule has 5 N–H and O–H groups in total. The molecule has 0 amide bonds. The number of rotatable bonds is 22. The van der Waals surface area contributed by atoms with Crippen LogP contribution in [0.4, 0.5) is 5.69 Å². The molecule has 23 nitrogen and oxygen atoms in total. The molecule has 0 aliphatic carbocycles. The minimum atomic E-state index is -3.87. The largest absolute Gasteiger partial charge is 0.493 e. The molecular formula is C44H59N11O12S2. The lowest BCUT2D eigenvalue weighted by molar-refractivity contribution is -0.758. The van der Waals surface area contributed by atoms with E-state index in [0.29, 0.717) is 86.5 Å². The second kappa shape index (κ2) is 22.4. The zero-order valence-electron chi connectivity index (χ0n) is 39.4. The van der Waals surface area contributed by atoms with Crippen molar-refractivity contribution in [3.05, 3.63) is 78.6 Å². The maximum Gasteiger partial charge on any atom is 0.294 e. The number of aryl methyl sites for hydroxylation is 2. The molecule has 3 aromatic heterocycles. The van der Waals surface area contributed by atoms with Gasteiger partial charge in [0.05, 0.1) is 52.1 Å². The van der Waals surface area contributed by atoms with Gasteiger partial charge in [0.25, 0.3) is 16.2 Å². The highest BCUT2D eigenvalue weighted by Gasteiger charge is 2.38. The minimum absolute atomic E-state index is 0.00790. The predicted molar refractivity (Wildman–Crippen MR) is 256 cm³/mol. The summed E-state index contributed by atoms with van der Waals surface area (Å²) in [5.74, 6) is 1.22. The van der Waals surface area contributed by atoms with E-state index in [9.17, 15) is 36.5 Å². The lowest BCUT2D eigenvalue weighted by Crippen LogP contribution is -2.50. The van der Waals surface area contributed by atoms with E-state index in [-0.39, 0.29) is 87.8 Å². The number of fused-ring (bicyclic) bond motifs is 1. The van der Waals surface area contributed by atoms with Crippen molar-refractivity contribution in [2.75, 3.05) is 65.0 Å². The molecule has 0 saturated carbocycles. The first-order valence-electron chi connectivity index (χ1n) is 22.7. The number of nitrogens with zero attached hydrogens (tertiary/aromatic N) is 7. The molecule has 0 atom stereocenters. The van der Waals surface area contributed by atoms with Crippen LogP contribution in [-0.4, -0.2) is 131 Å². The van der Waals surface area contributed by atoms with Gasteiger partial charge in [-0.1, -0.05) is 26.7 Å². The number of sulfonamides is 2. The summed E-state index contributed by atoms with van der Waals surface area (Å²) in [5, 5.41) is 34.1. The number of aromatic nitrogens is 6. The Morgan fingerprint density at radius 3 is 1.88 bits per heavy atom. The fraction of sp³-hybridized carbons (Fsp3) is 0.500. The third kappa shape index (κ3) is 11.4. The molecule has 2 saturated heterocycles. The summed E-state index contributed by atoms with van der Waals surface area (Å²) in [5.41, 5.74) is 1.97. The summed E-state index contributed by atoms with van der Waals surface area (Å²) in [4.78, 5) is 55.0. The molecule has 7 rings (SSSR count). The molecule has 2 fully saturated rings. The summed E-state index contributed by atoms with van der Waals surface area (Å²) in [6.07, 6.45) is 3.58. The number of aliphatic hydroxyl groups excluding tert-OH is 1. The Morgan fingerprint density at radius 1 is 0.855 bits per heavy atom. The number of anilines is 1. The number of hydrogen-bond acceptors (Lipinski definition) is 17. The smallest absolute Gasteiger partial charge is 0.294 e. The summed E-state index contributed by atoms with van der Waals surface area (Å²) in [7, 11) is -4.32. The molecule has 0 bridgehead atoms. The number of ether oxygens (including phenoxy) is 2. The number of benzene rings is 2. The van der Waals surface area contributed by atoms with Crippen LogP contribution in [0.2, 0.25) is 0 Å². The molecular weight excluding hydrogens is 939 g/mol. The van der Waals surface area contributed by atoms with Gasteiger partial charge in [-0.3, -0.25) is 14.3 Å². The van der Waals surface area contributed by atoms with Crippen LogP contribution in [0.25, 0.3) is 33.8 Å². The quantitative estimate of drug-likeness (QED) is 0.0372. The number of aliphatic hydroxyl groups is 1. The lowest BCUT2D eigenvalue weighted by Gasteiger charge is -2.38. The van der Waals surface area contributed by atoms with Gasteiger partial charge in [-0.05, 0) is 87.8 Å². The van der Waals surface area contributed by atoms with Crippen LogP contribution in [0, 0.1) is 27.4 Å². The fourth-order valence-corrected chi connectivity index (χ4v) is 11.3. The van der Waals surface area contributed by atoms with E-state index in [1.165, 1.54) is 43.6 Å². The van der Waals surface area contributed by atoms with Crippen molar-refractivity contribution in [2.24, 2.45) is 18.9 Å². The number of aromatic amines is 2. The van der Waals surface area contributed by atoms with Gasteiger partial charge in [-0.25, -0.2) is 26.8 Å². The highest BCUT2D eigenvalue weighted by Crippen LogP contribution is 2.36. The van der Waals surface area contributed by atoms with Gasteiger partial charge in [-0.2, -0.15) is 13.7 Å². The van der Waals surface area contributed by atoms with E-state index in [2.05, 4.69) is 35.2 Å². The lowest BCUT2D eigenvalue weighted by atomic mass is 10.0. The first-order chi connectivity index (χ1) is 32.9. The van der Waals surface area contributed by atoms with E-state index >= 15 is 0 Å². The van der Waals surface area contributed by atoms with Crippen LogP contribution in [-0.2, 0) is 38.4 Å². The Balaban J connectivity index is 0.000000227. The molecule has 374 valence electrons. The van der Waals surface area contributed by atoms with Gasteiger partial charge in [0.15, 0.2) is 5.52 Å². The van der Waals surface area contributed by atoms with E-state index < -0.39 is 30.7 Å². The van der Waals surface area contributed by atoms with Crippen molar-refractivity contribution in [1.82, 2.24) is 38.3 Å². The average Bonchev–Trinajstić information content (AvgIpc) is 3.60. The van der Waals surface area contributed by atoms with Crippen molar-refractivity contribution in [2.45, 2.75) is 76.0 Å². The third-order valence-corrected chi connectivity index (χ3v) is 15.3. The molecule has 2 aliphatic rings. The molecule has 5 heterocycles. The van der Waals surface area contributed by atoms with Gasteiger partial charge >= 0.3 is 0 Å². The second-order valence-electron chi connectivity index (χ2n) is 16.5. The zero-order chi connectivity index (χ0) is 50.2. The van der Waals surface area contributed by atoms with Crippen LogP contribution in [0.15, 0.2) is 55.8 Å².